The second kappa shape index (κ2) is 8.69. The summed E-state index contributed by atoms with van der Waals surface area (Å²) in [4.78, 5) is 30.5. The van der Waals surface area contributed by atoms with E-state index in [-0.39, 0.29) is 17.9 Å². The standard InChI is InChI=1S/C23H25ClN4O3/c1-14-10-16(23(30)25-3)4-5-19(14)22-20(28-7-6-17(24)11-21(28)26-22)12-18-13-27(15(2)29)8-9-31-18/h4-7,10-11,18H,8-9,12-13H2,1-3H3,(H,25,30)/t18-/m1/s1. The van der Waals surface area contributed by atoms with Crippen molar-refractivity contribution < 1.29 is 14.3 Å². The molecule has 31 heavy (non-hydrogen) atoms. The minimum absolute atomic E-state index is 0.0547. The van der Waals surface area contributed by atoms with Gasteiger partial charge in [-0.25, -0.2) is 4.98 Å². The molecule has 0 unspecified atom stereocenters. The third kappa shape index (κ3) is 4.29. The van der Waals surface area contributed by atoms with E-state index in [0.29, 0.717) is 36.7 Å². The van der Waals surface area contributed by atoms with Gasteiger partial charge in [0.15, 0.2) is 0 Å². The van der Waals surface area contributed by atoms with Crippen LogP contribution in [0.15, 0.2) is 36.5 Å². The molecule has 1 aliphatic heterocycles. The van der Waals surface area contributed by atoms with Crippen molar-refractivity contribution in [2.75, 3.05) is 26.7 Å². The van der Waals surface area contributed by atoms with Gasteiger partial charge in [-0.05, 0) is 30.7 Å². The van der Waals surface area contributed by atoms with E-state index < -0.39 is 0 Å². The van der Waals surface area contributed by atoms with Crippen LogP contribution in [0.5, 0.6) is 0 Å². The zero-order valence-corrected chi connectivity index (χ0v) is 18.6. The number of benzene rings is 1. The average molecular weight is 441 g/mol. The van der Waals surface area contributed by atoms with Gasteiger partial charge in [-0.2, -0.15) is 0 Å². The number of imidazole rings is 1. The molecule has 1 atom stereocenters. The average Bonchev–Trinajstić information content (AvgIpc) is 3.10. The highest BCUT2D eigenvalue weighted by molar-refractivity contribution is 6.30. The van der Waals surface area contributed by atoms with Crippen LogP contribution >= 0.6 is 11.6 Å². The second-order valence-corrected chi connectivity index (χ2v) is 8.19. The summed E-state index contributed by atoms with van der Waals surface area (Å²) in [6.07, 6.45) is 2.37. The normalized spacial score (nSPS) is 16.5. The monoisotopic (exact) mass is 440 g/mol. The van der Waals surface area contributed by atoms with Crippen LogP contribution < -0.4 is 5.32 Å². The molecule has 0 radical (unpaired) electrons. The Hall–Kier alpha value is -2.90. The molecule has 1 fully saturated rings. The van der Waals surface area contributed by atoms with Gasteiger partial charge in [0.25, 0.3) is 5.91 Å². The van der Waals surface area contributed by atoms with Gasteiger partial charge >= 0.3 is 0 Å². The molecule has 1 N–H and O–H groups in total. The van der Waals surface area contributed by atoms with Crippen molar-refractivity contribution in [2.24, 2.45) is 0 Å². The lowest BCUT2D eigenvalue weighted by atomic mass is 9.99. The molecule has 0 spiro atoms. The molecule has 4 rings (SSSR count). The van der Waals surface area contributed by atoms with Gasteiger partial charge in [0.2, 0.25) is 5.91 Å². The van der Waals surface area contributed by atoms with Gasteiger partial charge in [-0.15, -0.1) is 0 Å². The fourth-order valence-electron chi connectivity index (χ4n) is 4.04. The third-order valence-corrected chi connectivity index (χ3v) is 5.90. The number of amides is 2. The zero-order chi connectivity index (χ0) is 22.1. The molecule has 3 aromatic rings. The Labute approximate surface area is 186 Å². The first kappa shape index (κ1) is 21.3. The number of hydrogen-bond acceptors (Lipinski definition) is 4. The summed E-state index contributed by atoms with van der Waals surface area (Å²) >= 11 is 6.21. The Morgan fingerprint density at radius 3 is 2.81 bits per heavy atom. The maximum Gasteiger partial charge on any atom is 0.251 e. The van der Waals surface area contributed by atoms with E-state index in [4.69, 9.17) is 21.3 Å². The predicted octanol–water partition coefficient (Wildman–Crippen LogP) is 3.11. The summed E-state index contributed by atoms with van der Waals surface area (Å²) in [6, 6.07) is 9.25. The lowest BCUT2D eigenvalue weighted by molar-refractivity contribution is -0.136. The number of hydrogen-bond donors (Lipinski definition) is 1. The summed E-state index contributed by atoms with van der Waals surface area (Å²) < 4.78 is 7.99. The molecule has 162 valence electrons. The van der Waals surface area contributed by atoms with Gasteiger partial charge < -0.3 is 19.4 Å². The van der Waals surface area contributed by atoms with Gasteiger partial charge in [0, 0.05) is 61.9 Å². The first-order valence-corrected chi connectivity index (χ1v) is 10.6. The van der Waals surface area contributed by atoms with Gasteiger partial charge in [0.1, 0.15) is 5.65 Å². The van der Waals surface area contributed by atoms with Crippen LogP contribution in [0.4, 0.5) is 0 Å². The number of carbonyl (C=O) groups excluding carboxylic acids is 2. The van der Waals surface area contributed by atoms with Crippen molar-refractivity contribution in [3.05, 3.63) is 58.4 Å². The second-order valence-electron chi connectivity index (χ2n) is 7.75. The number of nitrogens with one attached hydrogen (secondary N) is 1. The van der Waals surface area contributed by atoms with E-state index in [9.17, 15) is 9.59 Å². The summed E-state index contributed by atoms with van der Waals surface area (Å²) in [5, 5.41) is 3.26. The van der Waals surface area contributed by atoms with Gasteiger partial charge in [0.05, 0.1) is 24.1 Å². The van der Waals surface area contributed by atoms with Crippen molar-refractivity contribution in [1.29, 1.82) is 0 Å². The molecule has 1 saturated heterocycles. The minimum atomic E-state index is -0.128. The number of morpholine rings is 1. The number of carbonyl (C=O) groups is 2. The maximum atomic E-state index is 12.0. The topological polar surface area (TPSA) is 75.9 Å². The number of ether oxygens (including phenoxy) is 1. The molecule has 1 aliphatic rings. The summed E-state index contributed by atoms with van der Waals surface area (Å²) in [7, 11) is 1.62. The molecule has 8 heteroatoms. The van der Waals surface area contributed by atoms with E-state index in [1.165, 1.54) is 0 Å². The zero-order valence-electron chi connectivity index (χ0n) is 17.8. The molecule has 0 bridgehead atoms. The van der Waals surface area contributed by atoms with Crippen LogP contribution in [-0.4, -0.2) is 58.9 Å². The third-order valence-electron chi connectivity index (χ3n) is 5.66. The number of pyridine rings is 1. The fraction of sp³-hybridized carbons (Fsp3) is 0.348. The Bertz CT molecular complexity index is 1160. The summed E-state index contributed by atoms with van der Waals surface area (Å²) in [5.74, 6) is -0.0735. The quantitative estimate of drug-likeness (QED) is 0.676. The largest absolute Gasteiger partial charge is 0.374 e. The molecule has 1 aromatic carbocycles. The van der Waals surface area contributed by atoms with E-state index in [2.05, 4.69) is 5.32 Å². The van der Waals surface area contributed by atoms with Crippen molar-refractivity contribution in [2.45, 2.75) is 26.4 Å². The molecular formula is C23H25ClN4O3. The minimum Gasteiger partial charge on any atom is -0.374 e. The highest BCUT2D eigenvalue weighted by Crippen LogP contribution is 2.30. The lowest BCUT2D eigenvalue weighted by Crippen LogP contribution is -2.45. The lowest BCUT2D eigenvalue weighted by Gasteiger charge is -2.32. The predicted molar refractivity (Wildman–Crippen MR) is 119 cm³/mol. The van der Waals surface area contributed by atoms with E-state index in [1.54, 1.807) is 20.0 Å². The van der Waals surface area contributed by atoms with Crippen LogP contribution in [0.2, 0.25) is 5.02 Å². The molecular weight excluding hydrogens is 416 g/mol. The van der Waals surface area contributed by atoms with Crippen LogP contribution in [-0.2, 0) is 16.0 Å². The first-order chi connectivity index (χ1) is 14.9. The van der Waals surface area contributed by atoms with E-state index >= 15 is 0 Å². The van der Waals surface area contributed by atoms with Crippen molar-refractivity contribution >= 4 is 29.1 Å². The number of aromatic nitrogens is 2. The van der Waals surface area contributed by atoms with Crippen LogP contribution in [0.3, 0.4) is 0 Å². The number of halogens is 1. The molecule has 2 amide bonds. The number of nitrogens with zero attached hydrogens (tertiary/aromatic N) is 3. The highest BCUT2D eigenvalue weighted by atomic mass is 35.5. The van der Waals surface area contributed by atoms with Crippen LogP contribution in [0, 0.1) is 6.92 Å². The van der Waals surface area contributed by atoms with Gasteiger partial charge in [-0.1, -0.05) is 17.7 Å². The molecule has 2 aromatic heterocycles. The molecule has 7 nitrogen and oxygen atoms in total. The van der Waals surface area contributed by atoms with Crippen molar-refractivity contribution in [3.63, 3.8) is 0 Å². The Kier molecular flexibility index (Phi) is 5.98. The summed E-state index contributed by atoms with van der Waals surface area (Å²) in [6.45, 7) is 5.23. The summed E-state index contributed by atoms with van der Waals surface area (Å²) in [5.41, 5.74) is 5.05. The fourth-order valence-corrected chi connectivity index (χ4v) is 4.19. The highest BCUT2D eigenvalue weighted by Gasteiger charge is 2.26. The first-order valence-electron chi connectivity index (χ1n) is 10.2. The molecule has 3 heterocycles. The Balaban J connectivity index is 1.77. The number of fused-ring (bicyclic) bond motifs is 1. The van der Waals surface area contributed by atoms with E-state index in [1.807, 2.05) is 46.7 Å². The smallest absolute Gasteiger partial charge is 0.251 e. The number of aryl methyl sites for hydroxylation is 1. The van der Waals surface area contributed by atoms with E-state index in [0.717, 1.165) is 28.2 Å². The number of rotatable bonds is 4. The van der Waals surface area contributed by atoms with Gasteiger partial charge in [-0.3, -0.25) is 9.59 Å². The maximum absolute atomic E-state index is 12.0. The van der Waals surface area contributed by atoms with Crippen molar-refractivity contribution in [1.82, 2.24) is 19.6 Å². The Morgan fingerprint density at radius 2 is 2.10 bits per heavy atom. The molecule has 0 aliphatic carbocycles. The van der Waals surface area contributed by atoms with Crippen LogP contribution in [0.1, 0.15) is 28.5 Å². The SMILES string of the molecule is CNC(=O)c1ccc(-c2nc3cc(Cl)ccn3c2C[C@@H]2CN(C(C)=O)CCO2)c(C)c1. The van der Waals surface area contributed by atoms with Crippen molar-refractivity contribution in [3.8, 4) is 11.3 Å². The Morgan fingerprint density at radius 1 is 1.29 bits per heavy atom. The molecule has 0 saturated carbocycles. The van der Waals surface area contributed by atoms with Crippen LogP contribution in [0.25, 0.3) is 16.9 Å².